The van der Waals surface area contributed by atoms with Crippen molar-refractivity contribution in [3.63, 3.8) is 0 Å². The minimum atomic E-state index is -0.160. The van der Waals surface area contributed by atoms with Gasteiger partial charge in [0.25, 0.3) is 5.56 Å². The van der Waals surface area contributed by atoms with Gasteiger partial charge in [-0.25, -0.2) is 9.97 Å². The Labute approximate surface area is 128 Å². The Bertz CT molecular complexity index is 759. The molecule has 1 atom stereocenters. The van der Waals surface area contributed by atoms with Crippen LogP contribution in [0, 0.1) is 0 Å². The highest BCUT2D eigenvalue weighted by Crippen LogP contribution is 2.32. The zero-order valence-corrected chi connectivity index (χ0v) is 12.4. The van der Waals surface area contributed by atoms with Crippen molar-refractivity contribution in [2.45, 2.75) is 32.4 Å². The molecular weight excluding hydrogens is 280 g/mol. The average molecular weight is 298 g/mol. The van der Waals surface area contributed by atoms with Gasteiger partial charge in [-0.3, -0.25) is 4.79 Å². The summed E-state index contributed by atoms with van der Waals surface area (Å²) in [7, 11) is 0. The van der Waals surface area contributed by atoms with E-state index in [-0.39, 0.29) is 17.6 Å². The number of aromatic nitrogens is 3. The average Bonchev–Trinajstić information content (AvgIpc) is 3.04. The van der Waals surface area contributed by atoms with Crippen molar-refractivity contribution in [1.29, 1.82) is 0 Å². The summed E-state index contributed by atoms with van der Waals surface area (Å²) in [6, 6.07) is 3.36. The lowest BCUT2D eigenvalue weighted by Gasteiger charge is -2.15. The van der Waals surface area contributed by atoms with Crippen molar-refractivity contribution in [3.8, 4) is 11.1 Å². The molecule has 114 valence electrons. The van der Waals surface area contributed by atoms with E-state index in [1.54, 1.807) is 29.2 Å². The second kappa shape index (κ2) is 6.01. The number of nitrogen functional groups attached to an aromatic ring is 1. The lowest BCUT2D eigenvalue weighted by Crippen LogP contribution is -2.18. The van der Waals surface area contributed by atoms with Crippen LogP contribution in [0.2, 0.25) is 0 Å². The minimum Gasteiger partial charge on any atom is -0.492 e. The fourth-order valence-electron chi connectivity index (χ4n) is 2.54. The number of anilines is 1. The highest BCUT2D eigenvalue weighted by molar-refractivity contribution is 5.65. The monoisotopic (exact) mass is 298 g/mol. The second-order valence-corrected chi connectivity index (χ2v) is 5.21. The van der Waals surface area contributed by atoms with Crippen LogP contribution in [0.1, 0.15) is 31.6 Å². The van der Waals surface area contributed by atoms with Crippen LogP contribution in [-0.4, -0.2) is 14.5 Å². The van der Waals surface area contributed by atoms with E-state index in [1.165, 1.54) is 0 Å². The zero-order valence-electron chi connectivity index (χ0n) is 12.4. The molecule has 1 unspecified atom stereocenters. The molecule has 22 heavy (non-hydrogen) atoms. The van der Waals surface area contributed by atoms with E-state index in [9.17, 15) is 4.79 Å². The summed E-state index contributed by atoms with van der Waals surface area (Å²) >= 11 is 0. The van der Waals surface area contributed by atoms with Gasteiger partial charge in [-0.15, -0.1) is 0 Å². The lowest BCUT2D eigenvalue weighted by atomic mass is 10.0. The molecule has 2 N–H and O–H groups in total. The summed E-state index contributed by atoms with van der Waals surface area (Å²) in [5, 5.41) is 0. The summed E-state index contributed by atoms with van der Waals surface area (Å²) in [5.41, 5.74) is 8.19. The van der Waals surface area contributed by atoms with Gasteiger partial charge in [0, 0.05) is 42.6 Å². The summed E-state index contributed by atoms with van der Waals surface area (Å²) < 4.78 is 7.26. The minimum absolute atomic E-state index is 0.0118. The molecular formula is C16H18N4O2. The first-order chi connectivity index (χ1) is 10.7. The zero-order chi connectivity index (χ0) is 15.5. The summed E-state index contributed by atoms with van der Waals surface area (Å²) in [6.45, 7) is 2.72. The van der Waals surface area contributed by atoms with E-state index in [2.05, 4.69) is 9.97 Å². The summed E-state index contributed by atoms with van der Waals surface area (Å²) in [5.74, 6) is 0.219. The number of hydrogen-bond donors (Lipinski definition) is 1. The Balaban J connectivity index is 2.07. The topological polar surface area (TPSA) is 83.0 Å². The van der Waals surface area contributed by atoms with Crippen LogP contribution >= 0.6 is 0 Å². The van der Waals surface area contributed by atoms with Crippen molar-refractivity contribution in [3.05, 3.63) is 52.9 Å². The third kappa shape index (κ3) is 2.72. The van der Waals surface area contributed by atoms with Gasteiger partial charge in [0.2, 0.25) is 5.95 Å². The molecule has 2 aromatic heterocycles. The van der Waals surface area contributed by atoms with Crippen LogP contribution in [0.15, 0.2) is 41.7 Å². The van der Waals surface area contributed by atoms with Gasteiger partial charge in [0.05, 0.1) is 12.0 Å². The molecule has 1 aliphatic heterocycles. The Morgan fingerprint density at radius 2 is 2.32 bits per heavy atom. The van der Waals surface area contributed by atoms with Gasteiger partial charge in [0.15, 0.2) is 0 Å². The Hall–Kier alpha value is -2.63. The maximum Gasteiger partial charge on any atom is 0.250 e. The van der Waals surface area contributed by atoms with Crippen molar-refractivity contribution < 1.29 is 4.74 Å². The fraction of sp³-hybridized carbons (Fsp3) is 0.312. The Morgan fingerprint density at radius 3 is 3.05 bits per heavy atom. The van der Waals surface area contributed by atoms with E-state index in [1.807, 2.05) is 19.2 Å². The molecule has 0 aromatic carbocycles. The molecule has 0 spiro atoms. The van der Waals surface area contributed by atoms with Crippen LogP contribution in [0.4, 0.5) is 5.95 Å². The molecule has 2 aromatic rings. The van der Waals surface area contributed by atoms with Crippen LogP contribution in [0.25, 0.3) is 11.1 Å². The molecule has 0 saturated heterocycles. The molecule has 1 aliphatic rings. The molecule has 3 heterocycles. The van der Waals surface area contributed by atoms with Crippen LogP contribution < -0.4 is 11.3 Å². The molecule has 0 radical (unpaired) electrons. The summed E-state index contributed by atoms with van der Waals surface area (Å²) in [4.78, 5) is 20.3. The van der Waals surface area contributed by atoms with Crippen LogP contribution in [-0.2, 0) is 11.3 Å². The highest BCUT2D eigenvalue weighted by atomic mass is 16.5. The molecule has 0 aliphatic carbocycles. The van der Waals surface area contributed by atoms with E-state index >= 15 is 0 Å². The maximum absolute atomic E-state index is 11.9. The third-order valence-corrected chi connectivity index (χ3v) is 3.59. The predicted octanol–water partition coefficient (Wildman–Crippen LogP) is 2.27. The first kappa shape index (κ1) is 14.3. The number of pyridine rings is 1. The summed E-state index contributed by atoms with van der Waals surface area (Å²) in [6.07, 6.45) is 8.63. The second-order valence-electron chi connectivity index (χ2n) is 5.21. The molecule has 0 amide bonds. The van der Waals surface area contributed by atoms with Gasteiger partial charge >= 0.3 is 0 Å². The van der Waals surface area contributed by atoms with E-state index in [4.69, 9.17) is 10.5 Å². The van der Waals surface area contributed by atoms with E-state index in [0.29, 0.717) is 6.54 Å². The van der Waals surface area contributed by atoms with Gasteiger partial charge in [-0.05, 0) is 18.6 Å². The van der Waals surface area contributed by atoms with Gasteiger partial charge in [0.1, 0.15) is 6.10 Å². The Kier molecular flexibility index (Phi) is 3.91. The first-order valence-corrected chi connectivity index (χ1v) is 7.32. The van der Waals surface area contributed by atoms with Crippen molar-refractivity contribution in [2.75, 3.05) is 5.73 Å². The largest absolute Gasteiger partial charge is 0.492 e. The lowest BCUT2D eigenvalue weighted by molar-refractivity contribution is 0.169. The number of aryl methyl sites for hydroxylation is 1. The standard InChI is InChI=1S/C16H18N4O2/c1-2-7-20-10-11(5-6-14(20)21)12-9-18-16(17)19-15(12)13-4-3-8-22-13/h3,5-6,8-10,13H,2,4,7H2,1H3,(H2,17,18,19). The number of hydrogen-bond acceptors (Lipinski definition) is 5. The normalized spacial score (nSPS) is 16.7. The van der Waals surface area contributed by atoms with Crippen LogP contribution in [0.5, 0.6) is 0 Å². The number of nitrogens with two attached hydrogens (primary N) is 1. The molecule has 0 bridgehead atoms. The highest BCUT2D eigenvalue weighted by Gasteiger charge is 2.21. The quantitative estimate of drug-likeness (QED) is 0.936. The number of nitrogens with zero attached hydrogens (tertiary/aromatic N) is 3. The van der Waals surface area contributed by atoms with Gasteiger partial charge in [-0.1, -0.05) is 6.92 Å². The smallest absolute Gasteiger partial charge is 0.250 e. The van der Waals surface area contributed by atoms with Gasteiger partial charge in [-0.2, -0.15) is 0 Å². The number of ether oxygens (including phenoxy) is 1. The van der Waals surface area contributed by atoms with E-state index in [0.717, 1.165) is 29.7 Å². The predicted molar refractivity (Wildman–Crippen MR) is 84.0 cm³/mol. The molecule has 6 nitrogen and oxygen atoms in total. The third-order valence-electron chi connectivity index (χ3n) is 3.59. The fourth-order valence-corrected chi connectivity index (χ4v) is 2.54. The maximum atomic E-state index is 11.9. The molecule has 6 heteroatoms. The molecule has 3 rings (SSSR count). The molecule has 0 fully saturated rings. The van der Waals surface area contributed by atoms with Crippen molar-refractivity contribution in [2.24, 2.45) is 0 Å². The Morgan fingerprint density at radius 1 is 1.45 bits per heavy atom. The first-order valence-electron chi connectivity index (χ1n) is 7.32. The van der Waals surface area contributed by atoms with Crippen LogP contribution in [0.3, 0.4) is 0 Å². The van der Waals surface area contributed by atoms with Crippen molar-refractivity contribution >= 4 is 5.95 Å². The SMILES string of the molecule is CCCn1cc(-c2cnc(N)nc2C2CC=CO2)ccc1=O. The van der Waals surface area contributed by atoms with Crippen molar-refractivity contribution in [1.82, 2.24) is 14.5 Å². The van der Waals surface area contributed by atoms with Gasteiger partial charge < -0.3 is 15.0 Å². The number of rotatable bonds is 4. The van der Waals surface area contributed by atoms with E-state index < -0.39 is 0 Å². The molecule has 0 saturated carbocycles.